The van der Waals surface area contributed by atoms with Gasteiger partial charge in [0.05, 0.1) is 6.04 Å². The Hall–Kier alpha value is -3.47. The zero-order valence-corrected chi connectivity index (χ0v) is 16.0. The van der Waals surface area contributed by atoms with Crippen molar-refractivity contribution in [3.63, 3.8) is 0 Å². The van der Waals surface area contributed by atoms with E-state index >= 15 is 0 Å². The Morgan fingerprint density at radius 2 is 1.64 bits per heavy atom. The molecule has 1 N–H and O–H groups in total. The Labute approximate surface area is 165 Å². The average Bonchev–Trinajstić information content (AvgIpc) is 2.74. The van der Waals surface area contributed by atoms with E-state index in [4.69, 9.17) is 0 Å². The van der Waals surface area contributed by atoms with Gasteiger partial charge in [-0.25, -0.2) is 0 Å². The molecule has 0 spiro atoms. The van der Waals surface area contributed by atoms with Gasteiger partial charge in [-0.15, -0.1) is 0 Å². The van der Waals surface area contributed by atoms with Crippen molar-refractivity contribution in [1.29, 1.82) is 0 Å². The number of rotatable bonds is 6. The molecule has 5 nitrogen and oxygen atoms in total. The molecule has 0 saturated heterocycles. The van der Waals surface area contributed by atoms with E-state index in [-0.39, 0.29) is 23.6 Å². The summed E-state index contributed by atoms with van der Waals surface area (Å²) in [5.41, 5.74) is 2.71. The number of pyridine rings is 1. The number of nitrogens with zero attached hydrogens (tertiary/aromatic N) is 2. The smallest absolute Gasteiger partial charge is 0.270 e. The molecule has 3 aromatic rings. The predicted octanol–water partition coefficient (Wildman–Crippen LogP) is 3.84. The second kappa shape index (κ2) is 8.95. The van der Waals surface area contributed by atoms with Crippen LogP contribution in [0.15, 0.2) is 79.0 Å². The Morgan fingerprint density at radius 3 is 2.32 bits per heavy atom. The van der Waals surface area contributed by atoms with Crippen LogP contribution < -0.4 is 5.32 Å². The Balaban J connectivity index is 1.69. The molecular weight excluding hydrogens is 350 g/mol. The summed E-state index contributed by atoms with van der Waals surface area (Å²) in [4.78, 5) is 31.1. The molecule has 0 aliphatic heterocycles. The van der Waals surface area contributed by atoms with Crippen LogP contribution in [-0.2, 0) is 6.54 Å². The summed E-state index contributed by atoms with van der Waals surface area (Å²) >= 11 is 0. The Morgan fingerprint density at radius 1 is 1.00 bits per heavy atom. The third kappa shape index (κ3) is 4.82. The molecule has 1 aromatic heterocycles. The van der Waals surface area contributed by atoms with E-state index in [1.165, 1.54) is 12.3 Å². The van der Waals surface area contributed by atoms with E-state index in [0.717, 1.165) is 11.1 Å². The fraction of sp³-hybridized carbons (Fsp3) is 0.174. The van der Waals surface area contributed by atoms with Crippen molar-refractivity contribution < 1.29 is 9.59 Å². The summed E-state index contributed by atoms with van der Waals surface area (Å²) in [6.07, 6.45) is 1.49. The number of carbonyl (C=O) groups is 2. The topological polar surface area (TPSA) is 62.3 Å². The van der Waals surface area contributed by atoms with Gasteiger partial charge in [0.25, 0.3) is 11.8 Å². The van der Waals surface area contributed by atoms with Crippen molar-refractivity contribution in [3.8, 4) is 0 Å². The fourth-order valence-corrected chi connectivity index (χ4v) is 2.93. The van der Waals surface area contributed by atoms with Crippen LogP contribution in [0.1, 0.15) is 44.9 Å². The number of nitrogens with one attached hydrogen (secondary N) is 1. The average molecular weight is 373 g/mol. The van der Waals surface area contributed by atoms with E-state index in [2.05, 4.69) is 10.3 Å². The summed E-state index contributed by atoms with van der Waals surface area (Å²) in [6.45, 7) is 2.41. The molecule has 0 radical (unpaired) electrons. The lowest BCUT2D eigenvalue weighted by molar-refractivity contribution is 0.0785. The van der Waals surface area contributed by atoms with Gasteiger partial charge >= 0.3 is 0 Å². The van der Waals surface area contributed by atoms with Gasteiger partial charge in [-0.2, -0.15) is 0 Å². The largest absolute Gasteiger partial charge is 0.344 e. The number of hydrogen-bond donors (Lipinski definition) is 1. The summed E-state index contributed by atoms with van der Waals surface area (Å²) in [5, 5.41) is 2.92. The zero-order chi connectivity index (χ0) is 19.9. The van der Waals surface area contributed by atoms with Gasteiger partial charge in [0.2, 0.25) is 0 Å². The third-order valence-electron chi connectivity index (χ3n) is 4.50. The lowest BCUT2D eigenvalue weighted by Crippen LogP contribution is -2.29. The highest BCUT2D eigenvalue weighted by atomic mass is 16.2. The first-order valence-electron chi connectivity index (χ1n) is 9.16. The highest BCUT2D eigenvalue weighted by Gasteiger charge is 2.17. The molecule has 3 rings (SSSR count). The Bertz CT molecular complexity index is 942. The van der Waals surface area contributed by atoms with E-state index in [1.54, 1.807) is 18.0 Å². The molecule has 28 heavy (non-hydrogen) atoms. The number of hydrogen-bond acceptors (Lipinski definition) is 3. The first kappa shape index (κ1) is 19.3. The molecule has 0 aliphatic rings. The molecule has 142 valence electrons. The first-order valence-corrected chi connectivity index (χ1v) is 9.16. The molecule has 0 bridgehead atoms. The number of carbonyl (C=O) groups excluding carboxylic acids is 2. The van der Waals surface area contributed by atoms with Gasteiger partial charge in [0.1, 0.15) is 5.69 Å². The quantitative estimate of drug-likeness (QED) is 0.714. The van der Waals surface area contributed by atoms with Crippen molar-refractivity contribution in [2.45, 2.75) is 19.5 Å². The molecular formula is C23H23N3O2. The highest BCUT2D eigenvalue weighted by Crippen LogP contribution is 2.13. The van der Waals surface area contributed by atoms with Crippen molar-refractivity contribution >= 4 is 11.8 Å². The monoisotopic (exact) mass is 373 g/mol. The molecule has 0 fully saturated rings. The number of amides is 2. The maximum atomic E-state index is 12.7. The van der Waals surface area contributed by atoms with Crippen LogP contribution in [-0.4, -0.2) is 28.7 Å². The van der Waals surface area contributed by atoms with E-state index in [0.29, 0.717) is 12.1 Å². The number of aromatic nitrogens is 1. The van der Waals surface area contributed by atoms with Crippen LogP contribution in [0.4, 0.5) is 0 Å². The van der Waals surface area contributed by atoms with Gasteiger partial charge in [-0.05, 0) is 30.2 Å². The van der Waals surface area contributed by atoms with E-state index < -0.39 is 0 Å². The second-order valence-electron chi connectivity index (χ2n) is 6.68. The first-order chi connectivity index (χ1) is 13.5. The van der Waals surface area contributed by atoms with Gasteiger partial charge in [-0.1, -0.05) is 60.7 Å². The molecule has 1 atom stereocenters. The maximum absolute atomic E-state index is 12.7. The summed E-state index contributed by atoms with van der Waals surface area (Å²) in [5.74, 6) is -0.465. The van der Waals surface area contributed by atoms with Gasteiger partial charge < -0.3 is 10.2 Å². The van der Waals surface area contributed by atoms with E-state index in [9.17, 15) is 9.59 Å². The fourth-order valence-electron chi connectivity index (χ4n) is 2.93. The molecule has 1 heterocycles. The minimum Gasteiger partial charge on any atom is -0.344 e. The SMILES string of the molecule is CC(NC(=O)c1cc(C(=O)N(C)Cc2ccccc2)ccn1)c1ccccc1. The van der Waals surface area contributed by atoms with Crippen molar-refractivity contribution in [2.24, 2.45) is 0 Å². The van der Waals surface area contributed by atoms with Crippen LogP contribution in [0, 0.1) is 0 Å². The minimum atomic E-state index is -0.309. The van der Waals surface area contributed by atoms with Crippen LogP contribution in [0.3, 0.4) is 0 Å². The lowest BCUT2D eigenvalue weighted by Gasteiger charge is -2.18. The molecule has 2 amide bonds. The van der Waals surface area contributed by atoms with Gasteiger partial charge in [0.15, 0.2) is 0 Å². The predicted molar refractivity (Wildman–Crippen MR) is 109 cm³/mol. The standard InChI is InChI=1S/C23H23N3O2/c1-17(19-11-7-4-8-12-19)25-22(27)21-15-20(13-14-24-21)23(28)26(2)16-18-9-5-3-6-10-18/h3-15,17H,16H2,1-2H3,(H,25,27). The van der Waals surface area contributed by atoms with Crippen molar-refractivity contribution in [3.05, 3.63) is 101 Å². The van der Waals surface area contributed by atoms with Crippen molar-refractivity contribution in [1.82, 2.24) is 15.2 Å². The molecule has 0 aliphatic carbocycles. The zero-order valence-electron chi connectivity index (χ0n) is 16.0. The molecule has 1 unspecified atom stereocenters. The lowest BCUT2D eigenvalue weighted by atomic mass is 10.1. The molecule has 0 saturated carbocycles. The summed E-state index contributed by atoms with van der Waals surface area (Å²) < 4.78 is 0. The third-order valence-corrected chi connectivity index (χ3v) is 4.50. The van der Waals surface area contributed by atoms with Gasteiger partial charge in [0, 0.05) is 25.4 Å². The number of benzene rings is 2. The van der Waals surface area contributed by atoms with Crippen LogP contribution in [0.25, 0.3) is 0 Å². The van der Waals surface area contributed by atoms with Crippen LogP contribution in [0.2, 0.25) is 0 Å². The van der Waals surface area contributed by atoms with Crippen LogP contribution in [0.5, 0.6) is 0 Å². The van der Waals surface area contributed by atoms with Gasteiger partial charge in [-0.3, -0.25) is 14.6 Å². The highest BCUT2D eigenvalue weighted by molar-refractivity contribution is 5.98. The summed E-state index contributed by atoms with van der Waals surface area (Å²) in [7, 11) is 1.74. The molecule has 2 aromatic carbocycles. The maximum Gasteiger partial charge on any atom is 0.270 e. The normalized spacial score (nSPS) is 11.5. The molecule has 5 heteroatoms. The van der Waals surface area contributed by atoms with Crippen molar-refractivity contribution in [2.75, 3.05) is 7.05 Å². The minimum absolute atomic E-state index is 0.156. The van der Waals surface area contributed by atoms with Crippen LogP contribution >= 0.6 is 0 Å². The second-order valence-corrected chi connectivity index (χ2v) is 6.68. The van der Waals surface area contributed by atoms with E-state index in [1.807, 2.05) is 67.6 Å². The Kier molecular flexibility index (Phi) is 6.17. The summed E-state index contributed by atoms with van der Waals surface area (Å²) in [6, 6.07) is 22.5.